The fourth-order valence-corrected chi connectivity index (χ4v) is 3.70. The van der Waals surface area contributed by atoms with Crippen LogP contribution < -0.4 is 0 Å². The summed E-state index contributed by atoms with van der Waals surface area (Å²) in [6.07, 6.45) is 6.67. The van der Waals surface area contributed by atoms with Crippen LogP contribution in [0.25, 0.3) is 0 Å². The lowest BCUT2D eigenvalue weighted by Crippen LogP contribution is -2.26. The second-order valence-electron chi connectivity index (χ2n) is 4.39. The molecule has 17 heavy (non-hydrogen) atoms. The lowest BCUT2D eigenvalue weighted by Gasteiger charge is -2.30. The first-order valence-electron chi connectivity index (χ1n) is 5.56. The molecule has 3 heteroatoms. The van der Waals surface area contributed by atoms with Crippen molar-refractivity contribution in [3.05, 3.63) is 55.2 Å². The van der Waals surface area contributed by atoms with Gasteiger partial charge in [0.1, 0.15) is 0 Å². The average Bonchev–Trinajstić information content (AvgIpc) is 2.68. The molecule has 2 atom stereocenters. The maximum atomic E-state index is 2.45. The van der Waals surface area contributed by atoms with Crippen molar-refractivity contribution in [1.82, 2.24) is 4.90 Å². The Hall–Kier alpha value is 0.120. The molecule has 0 radical (unpaired) electrons. The van der Waals surface area contributed by atoms with Crippen LogP contribution in [0.4, 0.5) is 0 Å². The molecule has 0 aliphatic heterocycles. The molecule has 2 rings (SSSR count). The molecule has 0 bridgehead atoms. The maximum absolute atomic E-state index is 2.45. The summed E-state index contributed by atoms with van der Waals surface area (Å²) in [6.45, 7) is 0. The van der Waals surface area contributed by atoms with E-state index in [0.29, 0.717) is 12.0 Å². The van der Waals surface area contributed by atoms with Crippen LogP contribution in [-0.2, 0) is 0 Å². The van der Waals surface area contributed by atoms with Gasteiger partial charge in [0.05, 0.1) is 0 Å². The van der Waals surface area contributed by atoms with Crippen LogP contribution in [-0.4, -0.2) is 19.0 Å². The highest BCUT2D eigenvalue weighted by molar-refractivity contribution is 14.1. The van der Waals surface area contributed by atoms with Gasteiger partial charge in [0.15, 0.2) is 0 Å². The van der Waals surface area contributed by atoms with Crippen LogP contribution >= 0.6 is 45.2 Å². The van der Waals surface area contributed by atoms with E-state index in [1.807, 2.05) is 0 Å². The Labute approximate surface area is 130 Å². The molecule has 1 aliphatic rings. The lowest BCUT2D eigenvalue weighted by atomic mass is 9.93. The van der Waals surface area contributed by atoms with Gasteiger partial charge in [0.25, 0.3) is 0 Å². The average molecular weight is 451 g/mol. The molecule has 0 saturated carbocycles. The van der Waals surface area contributed by atoms with Gasteiger partial charge < -0.3 is 4.90 Å². The van der Waals surface area contributed by atoms with Crippen LogP contribution in [0.3, 0.4) is 0 Å². The molecule has 1 nitrogen and oxygen atoms in total. The van der Waals surface area contributed by atoms with Gasteiger partial charge in [-0.25, -0.2) is 0 Å². The molecule has 0 amide bonds. The number of benzene rings is 1. The van der Waals surface area contributed by atoms with Gasteiger partial charge in [-0.05, 0) is 74.5 Å². The largest absolute Gasteiger partial charge is 0.301 e. The monoisotopic (exact) mass is 451 g/mol. The predicted octanol–water partition coefficient (Wildman–Crippen LogP) is 4.40. The molecule has 0 heterocycles. The second-order valence-corrected chi connectivity index (χ2v) is 6.80. The zero-order valence-electron chi connectivity index (χ0n) is 9.90. The molecule has 1 aromatic carbocycles. The summed E-state index contributed by atoms with van der Waals surface area (Å²) >= 11 is 4.88. The number of rotatable bonds is 3. The van der Waals surface area contributed by atoms with Crippen LogP contribution in [0.1, 0.15) is 11.6 Å². The van der Waals surface area contributed by atoms with Gasteiger partial charge in [-0.3, -0.25) is 0 Å². The second kappa shape index (κ2) is 5.84. The minimum atomic E-state index is 0.421. The molecule has 0 fully saturated rings. The van der Waals surface area contributed by atoms with Crippen molar-refractivity contribution >= 4 is 45.2 Å². The highest BCUT2D eigenvalue weighted by Crippen LogP contribution is 2.39. The van der Waals surface area contributed by atoms with Gasteiger partial charge in [-0.15, -0.1) is 0 Å². The van der Waals surface area contributed by atoms with E-state index in [9.17, 15) is 0 Å². The van der Waals surface area contributed by atoms with Crippen LogP contribution in [0.15, 0.2) is 46.1 Å². The van der Waals surface area contributed by atoms with Gasteiger partial charge in [0.2, 0.25) is 0 Å². The van der Waals surface area contributed by atoms with Crippen molar-refractivity contribution in [3.8, 4) is 0 Å². The van der Waals surface area contributed by atoms with Crippen LogP contribution in [0, 0.1) is 9.49 Å². The third-order valence-electron chi connectivity index (χ3n) is 3.01. The minimum Gasteiger partial charge on any atom is -0.301 e. The minimum absolute atomic E-state index is 0.421. The Morgan fingerprint density at radius 2 is 1.88 bits per heavy atom. The van der Waals surface area contributed by atoms with Gasteiger partial charge in [0, 0.05) is 15.5 Å². The molecule has 0 spiro atoms. The Balaban J connectivity index is 2.40. The first-order valence-corrected chi connectivity index (χ1v) is 7.71. The molecule has 0 saturated heterocycles. The summed E-state index contributed by atoms with van der Waals surface area (Å²) < 4.78 is 2.76. The standard InChI is InChI=1S/C14H15I2N/c1-17(2)14(11-7-5-9-13(11)16)10-6-3-4-8-12(10)15/h3-9,11,14H,1-2H3/t11?,14-/m0/s1. The third-order valence-corrected chi connectivity index (χ3v) is 5.07. The van der Waals surface area contributed by atoms with Crippen molar-refractivity contribution in [2.24, 2.45) is 5.92 Å². The first-order chi connectivity index (χ1) is 8.11. The van der Waals surface area contributed by atoms with E-state index in [1.54, 1.807) is 0 Å². The SMILES string of the molecule is CN(C)[C@@H](c1ccccc1I)C1C=CC=C1I. The molecule has 0 aromatic heterocycles. The van der Waals surface area contributed by atoms with E-state index in [1.165, 1.54) is 12.7 Å². The van der Waals surface area contributed by atoms with E-state index in [4.69, 9.17) is 0 Å². The van der Waals surface area contributed by atoms with Crippen LogP contribution in [0.2, 0.25) is 0 Å². The molecule has 1 aliphatic carbocycles. The molecular formula is C14H15I2N. The van der Waals surface area contributed by atoms with Crippen LogP contribution in [0.5, 0.6) is 0 Å². The normalized spacial score (nSPS) is 20.8. The summed E-state index contributed by atoms with van der Waals surface area (Å²) in [4.78, 5) is 2.31. The Kier molecular flexibility index (Phi) is 4.65. The van der Waals surface area contributed by atoms with Crippen molar-refractivity contribution < 1.29 is 0 Å². The fraction of sp³-hybridized carbons (Fsp3) is 0.286. The topological polar surface area (TPSA) is 3.24 Å². The molecule has 1 aromatic rings. The predicted molar refractivity (Wildman–Crippen MR) is 90.3 cm³/mol. The van der Waals surface area contributed by atoms with Crippen molar-refractivity contribution in [3.63, 3.8) is 0 Å². The van der Waals surface area contributed by atoms with E-state index >= 15 is 0 Å². The zero-order valence-corrected chi connectivity index (χ0v) is 14.2. The quantitative estimate of drug-likeness (QED) is 0.617. The maximum Gasteiger partial charge on any atom is 0.0460 e. The van der Waals surface area contributed by atoms with Gasteiger partial charge in [-0.1, -0.05) is 36.4 Å². The van der Waals surface area contributed by atoms with E-state index in [2.05, 4.69) is 107 Å². The Bertz CT molecular complexity index is 463. The lowest BCUT2D eigenvalue weighted by molar-refractivity contribution is 0.265. The fourth-order valence-electron chi connectivity index (χ4n) is 2.23. The number of nitrogens with zero attached hydrogens (tertiary/aromatic N) is 1. The molecule has 1 unspecified atom stereocenters. The number of allylic oxidation sites excluding steroid dienone is 2. The van der Waals surface area contributed by atoms with E-state index < -0.39 is 0 Å². The number of hydrogen-bond donors (Lipinski definition) is 0. The molecule has 90 valence electrons. The van der Waals surface area contributed by atoms with Gasteiger partial charge >= 0.3 is 0 Å². The molecule has 0 N–H and O–H groups in total. The smallest absolute Gasteiger partial charge is 0.0460 e. The summed E-state index contributed by atoms with van der Waals surface area (Å²) in [5.74, 6) is 0.488. The van der Waals surface area contributed by atoms with Crippen molar-refractivity contribution in [1.29, 1.82) is 0 Å². The Morgan fingerprint density at radius 1 is 1.18 bits per heavy atom. The van der Waals surface area contributed by atoms with Gasteiger partial charge in [-0.2, -0.15) is 0 Å². The summed E-state index contributed by atoms with van der Waals surface area (Å²) in [5.41, 5.74) is 1.41. The van der Waals surface area contributed by atoms with Crippen molar-refractivity contribution in [2.75, 3.05) is 14.1 Å². The van der Waals surface area contributed by atoms with E-state index in [-0.39, 0.29) is 0 Å². The highest BCUT2D eigenvalue weighted by Gasteiger charge is 2.28. The third kappa shape index (κ3) is 2.93. The highest BCUT2D eigenvalue weighted by atomic mass is 127. The van der Waals surface area contributed by atoms with E-state index in [0.717, 1.165) is 0 Å². The summed E-state index contributed by atoms with van der Waals surface area (Å²) in [5, 5.41) is 0. The molecular weight excluding hydrogens is 436 g/mol. The summed E-state index contributed by atoms with van der Waals surface area (Å²) in [6, 6.07) is 9.07. The van der Waals surface area contributed by atoms with Crippen molar-refractivity contribution in [2.45, 2.75) is 6.04 Å². The number of hydrogen-bond acceptors (Lipinski definition) is 1. The summed E-state index contributed by atoms with van der Waals surface area (Å²) in [7, 11) is 4.31. The zero-order chi connectivity index (χ0) is 12.4. The Morgan fingerprint density at radius 3 is 2.41 bits per heavy atom. The first kappa shape index (κ1) is 13.5. The number of halogens is 2.